The number of nitrogens with zero attached hydrogens (tertiary/aromatic N) is 3. The van der Waals surface area contributed by atoms with Gasteiger partial charge in [-0.2, -0.15) is 0 Å². The molecule has 1 aliphatic carbocycles. The summed E-state index contributed by atoms with van der Waals surface area (Å²) in [5.74, 6) is 0.937. The van der Waals surface area contributed by atoms with Crippen LogP contribution in [0, 0.1) is 0 Å². The first-order valence-corrected chi connectivity index (χ1v) is 11.1. The van der Waals surface area contributed by atoms with Crippen LogP contribution in [-0.2, 0) is 4.79 Å². The highest BCUT2D eigenvalue weighted by atomic mass is 16.5. The number of ether oxygens (including phenoxy) is 1. The Bertz CT molecular complexity index is 767. The van der Waals surface area contributed by atoms with E-state index in [-0.39, 0.29) is 17.9 Å². The number of amides is 2. The van der Waals surface area contributed by atoms with Gasteiger partial charge in [0.25, 0.3) is 5.91 Å². The fourth-order valence-electron chi connectivity index (χ4n) is 3.98. The lowest BCUT2D eigenvalue weighted by Gasteiger charge is -2.33. The molecule has 6 nitrogen and oxygen atoms in total. The lowest BCUT2D eigenvalue weighted by atomic mass is 9.97. The lowest BCUT2D eigenvalue weighted by Crippen LogP contribution is -2.42. The number of allylic oxidation sites excluding steroid dienone is 1. The van der Waals surface area contributed by atoms with Crippen LogP contribution in [0.25, 0.3) is 0 Å². The summed E-state index contributed by atoms with van der Waals surface area (Å²) in [7, 11) is 5.82. The summed E-state index contributed by atoms with van der Waals surface area (Å²) in [6.07, 6.45) is 8.09. The van der Waals surface area contributed by atoms with E-state index in [1.807, 2.05) is 50.3 Å². The number of likely N-dealkylation sites (tertiary alicyclic amines) is 1. The van der Waals surface area contributed by atoms with Gasteiger partial charge in [0.1, 0.15) is 11.9 Å². The number of rotatable bonds is 7. The zero-order valence-electron chi connectivity index (χ0n) is 18.6. The normalized spacial score (nSPS) is 17.6. The largest absolute Gasteiger partial charge is 0.490 e. The third kappa shape index (κ3) is 6.08. The predicted molar refractivity (Wildman–Crippen MR) is 119 cm³/mol. The van der Waals surface area contributed by atoms with Crippen molar-refractivity contribution in [1.29, 1.82) is 0 Å². The second kappa shape index (κ2) is 10.6. The number of carbonyl (C=O) groups excluding carboxylic acids is 2. The molecule has 0 radical (unpaired) electrons. The van der Waals surface area contributed by atoms with Crippen molar-refractivity contribution in [3.05, 3.63) is 41.5 Å². The monoisotopic (exact) mass is 413 g/mol. The average Bonchev–Trinajstić information content (AvgIpc) is 2.77. The molecule has 1 saturated heterocycles. The van der Waals surface area contributed by atoms with E-state index in [1.54, 1.807) is 4.90 Å². The van der Waals surface area contributed by atoms with E-state index >= 15 is 0 Å². The van der Waals surface area contributed by atoms with Crippen molar-refractivity contribution in [2.75, 3.05) is 47.3 Å². The molecule has 1 aromatic carbocycles. The molecule has 1 aliphatic heterocycles. The van der Waals surface area contributed by atoms with Gasteiger partial charge in [-0.05, 0) is 58.0 Å². The smallest absolute Gasteiger partial charge is 0.253 e. The Morgan fingerprint density at radius 3 is 2.53 bits per heavy atom. The molecule has 164 valence electrons. The first-order chi connectivity index (χ1) is 14.4. The van der Waals surface area contributed by atoms with Gasteiger partial charge in [-0.1, -0.05) is 12.1 Å². The Hall–Kier alpha value is -2.34. The minimum Gasteiger partial charge on any atom is -0.490 e. The molecule has 1 heterocycles. The maximum atomic E-state index is 12.7. The van der Waals surface area contributed by atoms with Gasteiger partial charge in [0.2, 0.25) is 5.91 Å². The number of likely N-dealkylation sites (N-methyl/N-ethyl adjacent to an activating group) is 2. The van der Waals surface area contributed by atoms with Gasteiger partial charge in [-0.15, -0.1) is 0 Å². The Kier molecular flexibility index (Phi) is 7.91. The van der Waals surface area contributed by atoms with Crippen molar-refractivity contribution < 1.29 is 14.3 Å². The Balaban J connectivity index is 1.51. The maximum Gasteiger partial charge on any atom is 0.253 e. The standard InChI is InChI=1S/C24H35N3O3/c1-25(2)16-17-26(3)23(28)20-10-7-11-22(18-20)30-21-12-14-27(15-13-21)24(29)19-8-5-4-6-9-19/h7-8,10-11,18,21H,4-6,9,12-17H2,1-3H3. The zero-order chi connectivity index (χ0) is 21.5. The quantitative estimate of drug-likeness (QED) is 0.689. The number of hydrogen-bond acceptors (Lipinski definition) is 4. The molecule has 0 bridgehead atoms. The Morgan fingerprint density at radius 2 is 1.87 bits per heavy atom. The van der Waals surface area contributed by atoms with Gasteiger partial charge in [-0.25, -0.2) is 0 Å². The van der Waals surface area contributed by atoms with Crippen molar-refractivity contribution in [3.8, 4) is 5.75 Å². The number of hydrogen-bond donors (Lipinski definition) is 0. The predicted octanol–water partition coefficient (Wildman–Crippen LogP) is 3.19. The topological polar surface area (TPSA) is 53.1 Å². The Labute approximate surface area is 180 Å². The van der Waals surface area contributed by atoms with Crippen LogP contribution >= 0.6 is 0 Å². The summed E-state index contributed by atoms with van der Waals surface area (Å²) >= 11 is 0. The number of carbonyl (C=O) groups is 2. The van der Waals surface area contributed by atoms with Gasteiger partial charge in [-0.3, -0.25) is 9.59 Å². The molecule has 0 spiro atoms. The molecular formula is C24H35N3O3. The fraction of sp³-hybridized carbons (Fsp3) is 0.583. The summed E-state index contributed by atoms with van der Waals surface area (Å²) in [4.78, 5) is 31.1. The number of benzene rings is 1. The lowest BCUT2D eigenvalue weighted by molar-refractivity contribution is -0.129. The van der Waals surface area contributed by atoms with Crippen LogP contribution in [0.4, 0.5) is 0 Å². The van der Waals surface area contributed by atoms with Gasteiger partial charge in [0, 0.05) is 57.2 Å². The van der Waals surface area contributed by atoms with Gasteiger partial charge < -0.3 is 19.4 Å². The molecule has 0 aromatic heterocycles. The van der Waals surface area contributed by atoms with Crippen LogP contribution in [-0.4, -0.2) is 79.9 Å². The molecular weight excluding hydrogens is 378 g/mol. The highest BCUT2D eigenvalue weighted by molar-refractivity contribution is 5.94. The molecule has 0 unspecified atom stereocenters. The van der Waals surface area contributed by atoms with Crippen LogP contribution in [0.2, 0.25) is 0 Å². The summed E-state index contributed by atoms with van der Waals surface area (Å²) in [6, 6.07) is 7.44. The number of piperidine rings is 1. The second-order valence-corrected chi connectivity index (χ2v) is 8.64. The van der Waals surface area contributed by atoms with E-state index in [0.29, 0.717) is 12.1 Å². The van der Waals surface area contributed by atoms with Gasteiger partial charge in [0.05, 0.1) is 0 Å². The molecule has 2 amide bonds. The van der Waals surface area contributed by atoms with Crippen molar-refractivity contribution in [3.63, 3.8) is 0 Å². The van der Waals surface area contributed by atoms with Crippen molar-refractivity contribution in [2.45, 2.75) is 44.6 Å². The molecule has 2 aliphatic rings. The zero-order valence-corrected chi connectivity index (χ0v) is 18.6. The van der Waals surface area contributed by atoms with E-state index in [9.17, 15) is 9.59 Å². The second-order valence-electron chi connectivity index (χ2n) is 8.64. The van der Waals surface area contributed by atoms with E-state index in [4.69, 9.17) is 4.74 Å². The summed E-state index contributed by atoms with van der Waals surface area (Å²) in [6.45, 7) is 2.96. The summed E-state index contributed by atoms with van der Waals surface area (Å²) in [5.41, 5.74) is 1.64. The maximum absolute atomic E-state index is 12.7. The van der Waals surface area contributed by atoms with Gasteiger partial charge >= 0.3 is 0 Å². The van der Waals surface area contributed by atoms with Gasteiger partial charge in [0.15, 0.2) is 0 Å². The minimum atomic E-state index is 0.00322. The van der Waals surface area contributed by atoms with Crippen molar-refractivity contribution in [1.82, 2.24) is 14.7 Å². The van der Waals surface area contributed by atoms with Crippen LogP contribution in [0.5, 0.6) is 5.75 Å². The fourth-order valence-corrected chi connectivity index (χ4v) is 3.98. The van der Waals surface area contributed by atoms with Crippen LogP contribution in [0.15, 0.2) is 35.9 Å². The van der Waals surface area contributed by atoms with Crippen molar-refractivity contribution >= 4 is 11.8 Å². The highest BCUT2D eigenvalue weighted by Crippen LogP contribution is 2.24. The third-order valence-corrected chi connectivity index (χ3v) is 5.91. The summed E-state index contributed by atoms with van der Waals surface area (Å²) < 4.78 is 6.17. The highest BCUT2D eigenvalue weighted by Gasteiger charge is 2.26. The van der Waals surface area contributed by atoms with Crippen LogP contribution < -0.4 is 4.74 Å². The van der Waals surface area contributed by atoms with E-state index in [1.165, 1.54) is 6.42 Å². The van der Waals surface area contributed by atoms with Crippen LogP contribution in [0.3, 0.4) is 0 Å². The molecule has 0 atom stereocenters. The molecule has 6 heteroatoms. The first-order valence-electron chi connectivity index (χ1n) is 11.1. The molecule has 0 N–H and O–H groups in total. The third-order valence-electron chi connectivity index (χ3n) is 5.91. The molecule has 1 aromatic rings. The van der Waals surface area contributed by atoms with Crippen LogP contribution in [0.1, 0.15) is 48.9 Å². The molecule has 3 rings (SSSR count). The van der Waals surface area contributed by atoms with E-state index < -0.39 is 0 Å². The SMILES string of the molecule is CN(C)CCN(C)C(=O)c1cccc(OC2CCN(C(=O)C3=CCCCC3)CC2)c1. The minimum absolute atomic E-state index is 0.00322. The molecule has 0 saturated carbocycles. The Morgan fingerprint density at radius 1 is 1.10 bits per heavy atom. The molecule has 30 heavy (non-hydrogen) atoms. The first kappa shape index (κ1) is 22.3. The average molecular weight is 414 g/mol. The van der Waals surface area contributed by atoms with E-state index in [0.717, 1.165) is 63.1 Å². The molecule has 1 fully saturated rings. The van der Waals surface area contributed by atoms with E-state index in [2.05, 4.69) is 11.0 Å². The summed E-state index contributed by atoms with van der Waals surface area (Å²) in [5, 5.41) is 0. The van der Waals surface area contributed by atoms with Crippen molar-refractivity contribution in [2.24, 2.45) is 0 Å².